The highest BCUT2D eigenvalue weighted by Gasteiger charge is 2.22. The highest BCUT2D eigenvalue weighted by Crippen LogP contribution is 2.43. The van der Waals surface area contributed by atoms with Crippen molar-refractivity contribution in [1.29, 1.82) is 0 Å². The Bertz CT molecular complexity index is 3420. The number of nitrogens with zero attached hydrogens (tertiary/aromatic N) is 5. The van der Waals surface area contributed by atoms with Crippen molar-refractivity contribution in [2.45, 2.75) is 0 Å². The van der Waals surface area contributed by atoms with Crippen LogP contribution in [0.1, 0.15) is 0 Å². The molecule has 0 spiro atoms. The highest BCUT2D eigenvalue weighted by molar-refractivity contribution is 6.28. The molecule has 0 saturated carbocycles. The van der Waals surface area contributed by atoms with Crippen LogP contribution < -0.4 is 0 Å². The zero-order chi connectivity index (χ0) is 36.7. The van der Waals surface area contributed by atoms with E-state index in [4.69, 9.17) is 15.0 Å². The smallest absolute Gasteiger partial charge is 0.238 e. The second-order valence-electron chi connectivity index (χ2n) is 14.4. The second-order valence-corrected chi connectivity index (χ2v) is 14.4. The van der Waals surface area contributed by atoms with E-state index in [1.807, 2.05) is 36.4 Å². The van der Waals surface area contributed by atoms with Crippen molar-refractivity contribution in [2.24, 2.45) is 0 Å². The molecule has 0 unspecified atom stereocenters. The summed E-state index contributed by atoms with van der Waals surface area (Å²) in [4.78, 5) is 15.4. The molecule has 260 valence electrons. The van der Waals surface area contributed by atoms with Gasteiger partial charge in [-0.2, -0.15) is 9.97 Å². The van der Waals surface area contributed by atoms with Gasteiger partial charge in [-0.05, 0) is 57.3 Å². The van der Waals surface area contributed by atoms with Gasteiger partial charge in [-0.1, -0.05) is 158 Å². The summed E-state index contributed by atoms with van der Waals surface area (Å²) in [6.07, 6.45) is 0. The molecule has 5 nitrogen and oxygen atoms in total. The van der Waals surface area contributed by atoms with Gasteiger partial charge in [0.25, 0.3) is 0 Å². The Morgan fingerprint density at radius 2 is 0.696 bits per heavy atom. The van der Waals surface area contributed by atoms with E-state index in [-0.39, 0.29) is 0 Å². The number of hydrogen-bond donors (Lipinski definition) is 0. The van der Waals surface area contributed by atoms with Gasteiger partial charge >= 0.3 is 0 Å². The summed E-state index contributed by atoms with van der Waals surface area (Å²) in [7, 11) is 0. The molecule has 0 fully saturated rings. The van der Waals surface area contributed by atoms with Crippen LogP contribution in [0.3, 0.4) is 0 Å². The van der Waals surface area contributed by atoms with E-state index in [1.165, 1.54) is 43.1 Å². The molecule has 0 amide bonds. The molecule has 56 heavy (non-hydrogen) atoms. The lowest BCUT2D eigenvalue weighted by molar-refractivity contribution is 0.954. The maximum absolute atomic E-state index is 5.19. The number of benzene rings is 9. The van der Waals surface area contributed by atoms with Crippen LogP contribution in [0.25, 0.3) is 110 Å². The van der Waals surface area contributed by atoms with Crippen molar-refractivity contribution in [2.75, 3.05) is 0 Å². The lowest BCUT2D eigenvalue weighted by atomic mass is 9.93. The number of aromatic nitrogens is 5. The molecule has 0 bridgehead atoms. The van der Waals surface area contributed by atoms with Gasteiger partial charge in [-0.15, -0.1) is 0 Å². The quantitative estimate of drug-likeness (QED) is 0.171. The maximum atomic E-state index is 5.19. The first-order valence-electron chi connectivity index (χ1n) is 19.0. The Labute approximate surface area is 321 Å². The average molecular weight is 714 g/mol. The molecule has 9 aromatic carbocycles. The predicted molar refractivity (Wildman–Crippen MR) is 232 cm³/mol. The fourth-order valence-electron chi connectivity index (χ4n) is 8.93. The van der Waals surface area contributed by atoms with Crippen molar-refractivity contribution in [3.05, 3.63) is 188 Å². The summed E-state index contributed by atoms with van der Waals surface area (Å²) in [5, 5.41) is 12.2. The standard InChI is InChI=1S/C51H31N5/c1-3-16-32(17-4-1)49-52-50(33-18-5-2-6-19-33)54-51(53-49)56-44-28-14-12-24-38(44)42-30-46-41(31-47(42)56)37-23-11-13-27-43(37)55(46)45-29-15-26-40-36-21-8-7-20-34(36)35-22-9-10-25-39(35)48(40)45/h1-31H. The number of rotatable bonds is 4. The summed E-state index contributed by atoms with van der Waals surface area (Å²) < 4.78 is 4.69. The summed E-state index contributed by atoms with van der Waals surface area (Å²) in [5.74, 6) is 1.85. The van der Waals surface area contributed by atoms with Crippen LogP contribution in [-0.2, 0) is 0 Å². The zero-order valence-corrected chi connectivity index (χ0v) is 30.1. The molecule has 0 aliphatic carbocycles. The molecule has 0 radical (unpaired) electrons. The molecule has 0 aliphatic heterocycles. The van der Waals surface area contributed by atoms with E-state index in [1.54, 1.807) is 0 Å². The monoisotopic (exact) mass is 713 g/mol. The first kappa shape index (κ1) is 30.8. The Morgan fingerprint density at radius 1 is 0.286 bits per heavy atom. The lowest BCUT2D eigenvalue weighted by Crippen LogP contribution is -2.06. The predicted octanol–water partition coefficient (Wildman–Crippen LogP) is 12.9. The Morgan fingerprint density at radius 3 is 1.25 bits per heavy atom. The molecular weight excluding hydrogens is 683 g/mol. The van der Waals surface area contributed by atoms with Crippen molar-refractivity contribution in [3.8, 4) is 34.4 Å². The SMILES string of the molecule is c1ccc(-c2nc(-c3ccccc3)nc(-n3c4ccccc4c4cc5c(cc43)c3ccccc3n5-c3cccc4c5ccccc5c5ccccc5c34)n2)cc1. The van der Waals surface area contributed by atoms with Gasteiger partial charge < -0.3 is 4.57 Å². The van der Waals surface area contributed by atoms with Gasteiger partial charge in [-0.3, -0.25) is 4.57 Å². The Kier molecular flexibility index (Phi) is 6.56. The Balaban J connectivity index is 1.20. The van der Waals surface area contributed by atoms with Crippen molar-refractivity contribution >= 4 is 75.9 Å². The van der Waals surface area contributed by atoms with Gasteiger partial charge in [0.1, 0.15) is 0 Å². The van der Waals surface area contributed by atoms with Gasteiger partial charge in [0, 0.05) is 38.1 Å². The first-order chi connectivity index (χ1) is 27.8. The van der Waals surface area contributed by atoms with Crippen LogP contribution in [0.2, 0.25) is 0 Å². The van der Waals surface area contributed by atoms with Crippen molar-refractivity contribution in [1.82, 2.24) is 24.1 Å². The van der Waals surface area contributed by atoms with Gasteiger partial charge in [0.2, 0.25) is 5.95 Å². The third-order valence-corrected chi connectivity index (χ3v) is 11.3. The molecule has 0 saturated heterocycles. The highest BCUT2D eigenvalue weighted by atomic mass is 15.2. The van der Waals surface area contributed by atoms with Crippen LogP contribution in [0.15, 0.2) is 188 Å². The molecule has 12 aromatic rings. The molecule has 0 N–H and O–H groups in total. The van der Waals surface area contributed by atoms with Crippen molar-refractivity contribution in [3.63, 3.8) is 0 Å². The Hall–Kier alpha value is -7.63. The normalized spacial score (nSPS) is 11.9. The van der Waals surface area contributed by atoms with E-state index in [2.05, 4.69) is 161 Å². The minimum Gasteiger partial charge on any atom is -0.309 e. The third-order valence-electron chi connectivity index (χ3n) is 11.3. The third kappa shape index (κ3) is 4.46. The summed E-state index contributed by atoms with van der Waals surface area (Å²) in [5.41, 5.74) is 7.43. The van der Waals surface area contributed by atoms with E-state index in [9.17, 15) is 0 Å². The maximum Gasteiger partial charge on any atom is 0.238 e. The topological polar surface area (TPSA) is 48.5 Å². The van der Waals surface area contributed by atoms with Crippen LogP contribution in [0.5, 0.6) is 0 Å². The molecule has 5 heteroatoms. The molecular formula is C51H31N5. The fraction of sp³-hybridized carbons (Fsp3) is 0. The van der Waals surface area contributed by atoms with E-state index < -0.39 is 0 Å². The lowest BCUT2D eigenvalue weighted by Gasteiger charge is -2.16. The molecule has 0 atom stereocenters. The van der Waals surface area contributed by atoms with Crippen LogP contribution in [-0.4, -0.2) is 24.1 Å². The first-order valence-corrected chi connectivity index (χ1v) is 19.0. The second kappa shape index (κ2) is 11.9. The summed E-state index contributed by atoms with van der Waals surface area (Å²) in [6.45, 7) is 0. The van der Waals surface area contributed by atoms with Crippen LogP contribution in [0, 0.1) is 0 Å². The molecule has 12 rings (SSSR count). The van der Waals surface area contributed by atoms with Crippen LogP contribution in [0.4, 0.5) is 0 Å². The van der Waals surface area contributed by atoms with Gasteiger partial charge in [0.05, 0.1) is 27.8 Å². The number of hydrogen-bond acceptors (Lipinski definition) is 3. The largest absolute Gasteiger partial charge is 0.309 e. The van der Waals surface area contributed by atoms with Gasteiger partial charge in [0.15, 0.2) is 11.6 Å². The van der Waals surface area contributed by atoms with Crippen molar-refractivity contribution < 1.29 is 0 Å². The number of fused-ring (bicyclic) bond motifs is 12. The zero-order valence-electron chi connectivity index (χ0n) is 30.1. The fourth-order valence-corrected chi connectivity index (χ4v) is 8.93. The van der Waals surface area contributed by atoms with E-state index >= 15 is 0 Å². The number of para-hydroxylation sites is 2. The minimum atomic E-state index is 0.583. The summed E-state index contributed by atoms with van der Waals surface area (Å²) >= 11 is 0. The average Bonchev–Trinajstić information content (AvgIpc) is 3.78. The molecule has 0 aliphatic rings. The van der Waals surface area contributed by atoms with Crippen LogP contribution >= 0.6 is 0 Å². The van der Waals surface area contributed by atoms with Gasteiger partial charge in [-0.25, -0.2) is 4.98 Å². The molecule has 3 aromatic heterocycles. The van der Waals surface area contributed by atoms with E-state index in [0.717, 1.165) is 49.7 Å². The molecule has 3 heterocycles. The minimum absolute atomic E-state index is 0.583. The van der Waals surface area contributed by atoms with E-state index in [0.29, 0.717) is 17.6 Å². The summed E-state index contributed by atoms with van der Waals surface area (Å²) in [6, 6.07) is 66.8.